The first-order valence-electron chi connectivity index (χ1n) is 7.28. The Kier molecular flexibility index (Phi) is 3.49. The van der Waals surface area contributed by atoms with E-state index in [4.69, 9.17) is 5.73 Å². The van der Waals surface area contributed by atoms with Gasteiger partial charge in [0.2, 0.25) is 0 Å². The van der Waals surface area contributed by atoms with E-state index in [2.05, 4.69) is 22.9 Å². The van der Waals surface area contributed by atoms with Crippen LogP contribution in [0.2, 0.25) is 0 Å². The average molecular weight is 271 g/mol. The fourth-order valence-electron chi connectivity index (χ4n) is 3.14. The molecule has 0 amide bonds. The van der Waals surface area contributed by atoms with Crippen molar-refractivity contribution in [1.82, 2.24) is 4.98 Å². The molecule has 1 aliphatic heterocycles. The lowest BCUT2D eigenvalue weighted by Crippen LogP contribution is -2.47. The molecule has 2 aromatic rings. The predicted molar refractivity (Wildman–Crippen MR) is 83.2 cm³/mol. The van der Waals surface area contributed by atoms with Gasteiger partial charge in [-0.2, -0.15) is 0 Å². The van der Waals surface area contributed by atoms with Gasteiger partial charge >= 0.3 is 0 Å². The van der Waals surface area contributed by atoms with E-state index in [1.165, 1.54) is 0 Å². The van der Waals surface area contributed by atoms with Crippen LogP contribution in [0.25, 0.3) is 10.8 Å². The van der Waals surface area contributed by atoms with Gasteiger partial charge in [-0.15, -0.1) is 0 Å². The molecule has 1 saturated heterocycles. The molecule has 0 spiro atoms. The molecule has 106 valence electrons. The normalized spacial score (nSPS) is 23.2. The first-order chi connectivity index (χ1) is 9.69. The van der Waals surface area contributed by atoms with E-state index in [1.807, 2.05) is 24.3 Å². The molecule has 0 radical (unpaired) electrons. The van der Waals surface area contributed by atoms with Crippen LogP contribution < -0.4 is 16.2 Å². The molecule has 3 N–H and O–H groups in total. The molecule has 20 heavy (non-hydrogen) atoms. The molecule has 4 nitrogen and oxygen atoms in total. The lowest BCUT2D eigenvalue weighted by Gasteiger charge is -2.39. The number of aromatic nitrogens is 1. The molecular formula is C16H21N3O. The zero-order chi connectivity index (χ0) is 14.1. The van der Waals surface area contributed by atoms with Gasteiger partial charge in [0.05, 0.1) is 0 Å². The zero-order valence-electron chi connectivity index (χ0n) is 11.8. The Hall–Kier alpha value is -1.81. The summed E-state index contributed by atoms with van der Waals surface area (Å²) in [7, 11) is 0. The summed E-state index contributed by atoms with van der Waals surface area (Å²) in [5, 5.41) is 1.73. The monoisotopic (exact) mass is 271 g/mol. The van der Waals surface area contributed by atoms with Crippen molar-refractivity contribution in [2.75, 3.05) is 18.0 Å². The first kappa shape index (κ1) is 13.2. The number of nitrogens with zero attached hydrogens (tertiary/aromatic N) is 1. The molecular weight excluding hydrogens is 250 g/mol. The number of fused-ring (bicyclic) bond motifs is 1. The van der Waals surface area contributed by atoms with Crippen molar-refractivity contribution in [3.05, 3.63) is 40.7 Å². The molecule has 2 unspecified atom stereocenters. The number of hydrogen-bond donors (Lipinski definition) is 2. The van der Waals surface area contributed by atoms with Gasteiger partial charge in [0.25, 0.3) is 5.56 Å². The Balaban J connectivity index is 2.03. The molecule has 1 aromatic carbocycles. The van der Waals surface area contributed by atoms with E-state index in [9.17, 15) is 4.79 Å². The van der Waals surface area contributed by atoms with Crippen molar-refractivity contribution in [3.8, 4) is 0 Å². The van der Waals surface area contributed by atoms with Crippen LogP contribution in [0.15, 0.2) is 35.1 Å². The van der Waals surface area contributed by atoms with Crippen LogP contribution in [0, 0.1) is 5.92 Å². The number of benzene rings is 1. The van der Waals surface area contributed by atoms with Gasteiger partial charge in [-0.25, -0.2) is 0 Å². The summed E-state index contributed by atoms with van der Waals surface area (Å²) in [6.07, 6.45) is 2.23. The molecule has 3 rings (SSSR count). The van der Waals surface area contributed by atoms with E-state index in [1.54, 1.807) is 0 Å². The van der Waals surface area contributed by atoms with Gasteiger partial charge in [0.1, 0.15) is 5.82 Å². The van der Waals surface area contributed by atoms with Gasteiger partial charge in [0, 0.05) is 24.5 Å². The quantitative estimate of drug-likeness (QED) is 0.879. The predicted octanol–water partition coefficient (Wildman–Crippen LogP) is 2.09. The lowest BCUT2D eigenvalue weighted by atomic mass is 9.92. The summed E-state index contributed by atoms with van der Waals surface area (Å²) < 4.78 is 0. The Bertz CT molecular complexity index is 664. The highest BCUT2D eigenvalue weighted by Crippen LogP contribution is 2.27. The molecule has 2 atom stereocenters. The second-order valence-corrected chi connectivity index (χ2v) is 5.78. The van der Waals surface area contributed by atoms with Gasteiger partial charge < -0.3 is 15.6 Å². The van der Waals surface area contributed by atoms with Crippen LogP contribution in [0.5, 0.6) is 0 Å². The molecule has 0 saturated carbocycles. The van der Waals surface area contributed by atoms with Crippen LogP contribution in [0.1, 0.15) is 19.8 Å². The summed E-state index contributed by atoms with van der Waals surface area (Å²) in [5.41, 5.74) is 5.89. The largest absolute Gasteiger partial charge is 0.354 e. The highest BCUT2D eigenvalue weighted by Gasteiger charge is 2.26. The van der Waals surface area contributed by atoms with Crippen LogP contribution in [-0.2, 0) is 0 Å². The molecule has 0 aliphatic carbocycles. The van der Waals surface area contributed by atoms with Crippen molar-refractivity contribution in [2.24, 2.45) is 11.7 Å². The van der Waals surface area contributed by atoms with Crippen LogP contribution in [0.3, 0.4) is 0 Å². The van der Waals surface area contributed by atoms with E-state index in [-0.39, 0.29) is 5.56 Å². The summed E-state index contributed by atoms with van der Waals surface area (Å²) in [6.45, 7) is 3.85. The number of aromatic amines is 1. The highest BCUT2D eigenvalue weighted by molar-refractivity contribution is 5.83. The summed E-state index contributed by atoms with van der Waals surface area (Å²) >= 11 is 0. The van der Waals surface area contributed by atoms with Gasteiger partial charge in [-0.1, -0.05) is 25.1 Å². The second-order valence-electron chi connectivity index (χ2n) is 5.78. The van der Waals surface area contributed by atoms with Gasteiger partial charge in [-0.05, 0) is 36.3 Å². The lowest BCUT2D eigenvalue weighted by molar-refractivity contribution is 0.365. The average Bonchev–Trinajstić information content (AvgIpc) is 2.47. The third-order valence-corrected chi connectivity index (χ3v) is 4.30. The Morgan fingerprint density at radius 2 is 2.20 bits per heavy atom. The molecule has 2 heterocycles. The Morgan fingerprint density at radius 1 is 1.40 bits per heavy atom. The van der Waals surface area contributed by atoms with Crippen LogP contribution in [-0.4, -0.2) is 24.1 Å². The van der Waals surface area contributed by atoms with Crippen molar-refractivity contribution >= 4 is 16.6 Å². The minimum atomic E-state index is -0.0208. The maximum absolute atomic E-state index is 12.2. The number of anilines is 1. The molecule has 4 heteroatoms. The standard InChI is InChI=1S/C16H21N3O/c1-11-6-7-19(13(8-11)10-17)15-9-12-4-2-3-5-14(12)16(20)18-15/h2-5,9,11,13H,6-8,10,17H2,1H3,(H,18,20). The molecule has 1 aliphatic rings. The minimum absolute atomic E-state index is 0.0208. The second kappa shape index (κ2) is 5.29. The van der Waals surface area contributed by atoms with E-state index in [0.29, 0.717) is 18.5 Å². The highest BCUT2D eigenvalue weighted by atomic mass is 16.1. The number of hydrogen-bond acceptors (Lipinski definition) is 3. The van der Waals surface area contributed by atoms with Crippen molar-refractivity contribution in [2.45, 2.75) is 25.8 Å². The Morgan fingerprint density at radius 3 is 3.00 bits per heavy atom. The molecule has 1 fully saturated rings. The minimum Gasteiger partial charge on any atom is -0.354 e. The van der Waals surface area contributed by atoms with Crippen molar-refractivity contribution in [3.63, 3.8) is 0 Å². The summed E-state index contributed by atoms with van der Waals surface area (Å²) in [5.74, 6) is 1.60. The first-order valence-corrected chi connectivity index (χ1v) is 7.28. The van der Waals surface area contributed by atoms with Crippen molar-refractivity contribution in [1.29, 1.82) is 0 Å². The van der Waals surface area contributed by atoms with Crippen molar-refractivity contribution < 1.29 is 0 Å². The number of rotatable bonds is 2. The topological polar surface area (TPSA) is 62.1 Å². The third-order valence-electron chi connectivity index (χ3n) is 4.30. The maximum Gasteiger partial charge on any atom is 0.257 e. The van der Waals surface area contributed by atoms with E-state index >= 15 is 0 Å². The molecule has 0 bridgehead atoms. The zero-order valence-corrected chi connectivity index (χ0v) is 11.8. The smallest absolute Gasteiger partial charge is 0.257 e. The van der Waals surface area contributed by atoms with Crippen LogP contribution in [0.4, 0.5) is 5.82 Å². The number of piperidine rings is 1. The molecule has 1 aromatic heterocycles. The fraction of sp³-hybridized carbons (Fsp3) is 0.438. The number of pyridine rings is 1. The maximum atomic E-state index is 12.2. The third kappa shape index (κ3) is 2.31. The number of nitrogens with one attached hydrogen (secondary N) is 1. The number of H-pyrrole nitrogens is 1. The fourth-order valence-corrected chi connectivity index (χ4v) is 3.14. The Labute approximate surface area is 118 Å². The van der Waals surface area contributed by atoms with Gasteiger partial charge in [-0.3, -0.25) is 4.79 Å². The van der Waals surface area contributed by atoms with Gasteiger partial charge in [0.15, 0.2) is 0 Å². The number of nitrogens with two attached hydrogens (primary N) is 1. The van der Waals surface area contributed by atoms with E-state index in [0.717, 1.165) is 36.0 Å². The SMILES string of the molecule is CC1CCN(c2cc3ccccc3c(=O)[nH]2)C(CN)C1. The van der Waals surface area contributed by atoms with Crippen LogP contribution >= 0.6 is 0 Å². The van der Waals surface area contributed by atoms with E-state index < -0.39 is 0 Å². The summed E-state index contributed by atoms with van der Waals surface area (Å²) in [6, 6.07) is 10.1. The summed E-state index contributed by atoms with van der Waals surface area (Å²) in [4.78, 5) is 17.5.